The van der Waals surface area contributed by atoms with Crippen LogP contribution in [0.3, 0.4) is 0 Å². The van der Waals surface area contributed by atoms with E-state index in [0.29, 0.717) is 44.9 Å². The molecular formula is C78H146O12. The van der Waals surface area contributed by atoms with Gasteiger partial charge in [0.1, 0.15) is 38.1 Å². The molecule has 0 spiro atoms. The number of carbonyl (C=O) groups excluding carboxylic acids is 6. The number of esters is 6. The molecule has 0 fully saturated rings. The third-order valence-corrected chi connectivity index (χ3v) is 18.3. The van der Waals surface area contributed by atoms with E-state index in [1.54, 1.807) is 0 Å². The summed E-state index contributed by atoms with van der Waals surface area (Å²) in [6, 6.07) is 0. The molecule has 0 aliphatic rings. The van der Waals surface area contributed by atoms with E-state index >= 15 is 0 Å². The van der Waals surface area contributed by atoms with Crippen LogP contribution < -0.4 is 0 Å². The first-order valence-electron chi connectivity index (χ1n) is 39.0. The van der Waals surface area contributed by atoms with E-state index in [9.17, 15) is 28.8 Å². The molecule has 0 bridgehead atoms. The summed E-state index contributed by atoms with van der Waals surface area (Å²) >= 11 is 0. The highest BCUT2D eigenvalue weighted by molar-refractivity contribution is 5.71. The molecule has 90 heavy (non-hydrogen) atoms. The molecule has 12 heteroatoms. The van der Waals surface area contributed by atoms with Crippen LogP contribution in [0.2, 0.25) is 0 Å². The van der Waals surface area contributed by atoms with Gasteiger partial charge < -0.3 is 28.4 Å². The lowest BCUT2D eigenvalue weighted by Crippen LogP contribution is -2.39. The van der Waals surface area contributed by atoms with Gasteiger partial charge in [-0.25, -0.2) is 0 Å². The van der Waals surface area contributed by atoms with Crippen molar-refractivity contribution in [3.63, 3.8) is 0 Å². The van der Waals surface area contributed by atoms with Crippen molar-refractivity contribution in [3.8, 4) is 0 Å². The molecule has 0 rings (SSSR count). The van der Waals surface area contributed by atoms with Crippen LogP contribution in [0, 0.1) is 5.41 Å². The minimum absolute atomic E-state index is 0.0117. The zero-order chi connectivity index (χ0) is 66.1. The van der Waals surface area contributed by atoms with Crippen molar-refractivity contribution in [2.45, 2.75) is 439 Å². The van der Waals surface area contributed by atoms with Gasteiger partial charge in [0.05, 0.1) is 5.41 Å². The predicted octanol–water partition coefficient (Wildman–Crippen LogP) is 23.1. The highest BCUT2D eigenvalue weighted by Gasteiger charge is 2.34. The van der Waals surface area contributed by atoms with Gasteiger partial charge in [-0.2, -0.15) is 0 Å². The average Bonchev–Trinajstić information content (AvgIpc) is 2.99. The van der Waals surface area contributed by atoms with E-state index in [1.807, 2.05) is 6.92 Å². The second-order valence-corrected chi connectivity index (χ2v) is 27.2. The number of unbranched alkanes of at least 4 members (excludes halogenated alkanes) is 36. The third kappa shape index (κ3) is 57.5. The molecule has 0 saturated carbocycles. The molecular weight excluding hydrogens is 1130 g/mol. The first kappa shape index (κ1) is 86.8. The van der Waals surface area contributed by atoms with E-state index in [1.165, 1.54) is 116 Å². The second-order valence-electron chi connectivity index (χ2n) is 27.2. The maximum Gasteiger partial charge on any atom is 0.306 e. The van der Waals surface area contributed by atoms with Crippen LogP contribution in [-0.2, 0) is 57.2 Å². The zero-order valence-electron chi connectivity index (χ0n) is 60.3. The molecule has 3 unspecified atom stereocenters. The van der Waals surface area contributed by atoms with Crippen molar-refractivity contribution in [2.75, 3.05) is 19.8 Å². The van der Waals surface area contributed by atoms with Crippen molar-refractivity contribution in [1.82, 2.24) is 0 Å². The zero-order valence-corrected chi connectivity index (χ0v) is 60.3. The minimum Gasteiger partial charge on any atom is -0.465 e. The van der Waals surface area contributed by atoms with Gasteiger partial charge >= 0.3 is 35.8 Å². The summed E-state index contributed by atoms with van der Waals surface area (Å²) in [6.45, 7) is 15.1. The maximum atomic E-state index is 13.3. The molecule has 0 heterocycles. The predicted molar refractivity (Wildman–Crippen MR) is 372 cm³/mol. The quantitative estimate of drug-likeness (QED) is 0.0323. The number of ether oxygens (including phenoxy) is 6. The fourth-order valence-electron chi connectivity index (χ4n) is 11.9. The summed E-state index contributed by atoms with van der Waals surface area (Å²) in [6.07, 6.45) is 57.0. The average molecular weight is 1280 g/mol. The fraction of sp³-hybridized carbons (Fsp3) is 0.923. The third-order valence-electron chi connectivity index (χ3n) is 18.3. The summed E-state index contributed by atoms with van der Waals surface area (Å²) < 4.78 is 35.8. The minimum atomic E-state index is -0.873. The second kappa shape index (κ2) is 65.9. The summed E-state index contributed by atoms with van der Waals surface area (Å²) in [7, 11) is 0. The Morgan fingerprint density at radius 3 is 0.600 bits per heavy atom. The topological polar surface area (TPSA) is 158 Å². The molecule has 0 radical (unpaired) electrons. The van der Waals surface area contributed by atoms with E-state index in [-0.39, 0.29) is 93.2 Å². The van der Waals surface area contributed by atoms with Gasteiger partial charge in [0, 0.05) is 38.5 Å². The van der Waals surface area contributed by atoms with Crippen LogP contribution in [0.1, 0.15) is 421 Å². The maximum absolute atomic E-state index is 13.3. The fourth-order valence-corrected chi connectivity index (χ4v) is 11.9. The molecule has 3 atom stereocenters. The van der Waals surface area contributed by atoms with E-state index in [2.05, 4.69) is 41.5 Å². The Morgan fingerprint density at radius 1 is 0.222 bits per heavy atom. The van der Waals surface area contributed by atoms with Gasteiger partial charge in [0.2, 0.25) is 0 Å². The van der Waals surface area contributed by atoms with Crippen LogP contribution in [0.15, 0.2) is 0 Å². The van der Waals surface area contributed by atoms with Crippen molar-refractivity contribution in [1.29, 1.82) is 0 Å². The molecule has 0 aromatic carbocycles. The lowest BCUT2D eigenvalue weighted by Gasteiger charge is -2.31. The van der Waals surface area contributed by atoms with Crippen molar-refractivity contribution in [2.24, 2.45) is 5.41 Å². The van der Waals surface area contributed by atoms with Crippen molar-refractivity contribution in [3.05, 3.63) is 0 Å². The Kier molecular flexibility index (Phi) is 63.5. The van der Waals surface area contributed by atoms with Gasteiger partial charge in [-0.15, -0.1) is 0 Å². The molecule has 0 N–H and O–H groups in total. The SMILES string of the molecule is CCCCCCCCCC(CCCCCCCC(=O)OCC(CC)(COC(=O)CCCCCCCC(CCCCCCCCC)OC(=O)CCCCC)COC(=O)CCCCCCCC(CCCCCCCCC)OC(=O)CCCCC)OC(=O)CCCCC. The summed E-state index contributed by atoms with van der Waals surface area (Å²) in [4.78, 5) is 77.9. The highest BCUT2D eigenvalue weighted by Crippen LogP contribution is 2.27. The molecule has 0 aliphatic carbocycles. The standard InChI is InChI=1S/C78H146O12/c1-8-15-21-24-27-33-45-54-69(88-75(82)63-42-18-11-4)57-48-36-30-39-51-60-72(79)85-66-78(14-7,67-86-73(80)61-52-40-31-37-49-58-70(89-76(83)64-43-19-12-5)55-46-34-28-25-22-16-9-2)68-87-74(81)62-53-41-32-38-50-59-71(90-77(84)65-44-20-13-6)56-47-35-29-26-23-17-10-3/h69-71H,8-68H2,1-7H3. The summed E-state index contributed by atoms with van der Waals surface area (Å²) in [5.41, 5.74) is -0.873. The summed E-state index contributed by atoms with van der Waals surface area (Å²) in [5, 5.41) is 0. The number of hydrogen-bond acceptors (Lipinski definition) is 12. The Balaban J connectivity index is 5.42. The smallest absolute Gasteiger partial charge is 0.306 e. The van der Waals surface area contributed by atoms with Crippen LogP contribution in [0.25, 0.3) is 0 Å². The Hall–Kier alpha value is -3.18. The van der Waals surface area contributed by atoms with Crippen molar-refractivity contribution < 1.29 is 57.2 Å². The molecule has 0 amide bonds. The van der Waals surface area contributed by atoms with Gasteiger partial charge in [0.25, 0.3) is 0 Å². The number of carbonyl (C=O) groups is 6. The first-order valence-corrected chi connectivity index (χ1v) is 39.0. The number of rotatable bonds is 70. The molecule has 12 nitrogen and oxygen atoms in total. The summed E-state index contributed by atoms with van der Waals surface area (Å²) in [5.74, 6) is -1.10. The van der Waals surface area contributed by atoms with Crippen molar-refractivity contribution >= 4 is 35.8 Å². The highest BCUT2D eigenvalue weighted by atomic mass is 16.6. The van der Waals surface area contributed by atoms with Crippen LogP contribution in [-0.4, -0.2) is 73.9 Å². The molecule has 0 aromatic rings. The normalized spacial score (nSPS) is 13.1. The monoisotopic (exact) mass is 1280 g/mol. The lowest BCUT2D eigenvalue weighted by molar-refractivity contribution is -0.163. The molecule has 0 saturated heterocycles. The van der Waals surface area contributed by atoms with Gasteiger partial charge in [-0.3, -0.25) is 28.8 Å². The Labute approximate surface area is 554 Å². The van der Waals surface area contributed by atoms with E-state index in [4.69, 9.17) is 28.4 Å². The van der Waals surface area contributed by atoms with Gasteiger partial charge in [0.15, 0.2) is 0 Å². The Bertz CT molecular complexity index is 1470. The molecule has 530 valence electrons. The molecule has 0 aromatic heterocycles. The van der Waals surface area contributed by atoms with Gasteiger partial charge in [-0.1, -0.05) is 260 Å². The van der Waals surface area contributed by atoms with E-state index in [0.717, 1.165) is 193 Å². The molecule has 0 aliphatic heterocycles. The van der Waals surface area contributed by atoms with Gasteiger partial charge in [-0.05, 0) is 122 Å². The van der Waals surface area contributed by atoms with Crippen LogP contribution in [0.5, 0.6) is 0 Å². The van der Waals surface area contributed by atoms with E-state index < -0.39 is 5.41 Å². The Morgan fingerprint density at radius 2 is 0.389 bits per heavy atom. The lowest BCUT2D eigenvalue weighted by atomic mass is 9.88. The van der Waals surface area contributed by atoms with Crippen LogP contribution >= 0.6 is 0 Å². The first-order chi connectivity index (χ1) is 43.9. The van der Waals surface area contributed by atoms with Crippen LogP contribution in [0.4, 0.5) is 0 Å². The largest absolute Gasteiger partial charge is 0.465 e. The number of hydrogen-bond donors (Lipinski definition) is 0.